The van der Waals surface area contributed by atoms with E-state index in [1.807, 2.05) is 0 Å². The number of hydrogen-bond donors (Lipinski definition) is 0. The van der Waals surface area contributed by atoms with E-state index in [1.165, 1.54) is 110 Å². The summed E-state index contributed by atoms with van der Waals surface area (Å²) in [5.41, 5.74) is 18.7. The topological polar surface area (TPSA) is 3.24 Å². The molecule has 322 valence electrons. The van der Waals surface area contributed by atoms with Crippen LogP contribution in [0.2, 0.25) is 0 Å². The third kappa shape index (κ3) is 6.25. The van der Waals surface area contributed by atoms with Crippen molar-refractivity contribution in [2.45, 2.75) is 89.9 Å². The lowest BCUT2D eigenvalue weighted by Crippen LogP contribution is -2.68. The van der Waals surface area contributed by atoms with Gasteiger partial charge in [-0.2, -0.15) is 0 Å². The summed E-state index contributed by atoms with van der Waals surface area (Å²) in [7, 11) is 0. The Balaban J connectivity index is 1.03. The zero-order valence-electron chi connectivity index (χ0n) is 39.0. The molecule has 0 N–H and O–H groups in total. The Bertz CT molecular complexity index is 3070. The van der Waals surface area contributed by atoms with Crippen molar-refractivity contribution in [2.24, 2.45) is 23.2 Å². The fourth-order valence-electron chi connectivity index (χ4n) is 13.8. The Morgan fingerprint density at radius 1 is 0.431 bits per heavy atom. The molecule has 4 aliphatic carbocycles. The first-order valence-corrected chi connectivity index (χ1v) is 24.3. The summed E-state index contributed by atoms with van der Waals surface area (Å²) in [4.78, 5) is 2.56. The van der Waals surface area contributed by atoms with Crippen molar-refractivity contribution in [2.75, 3.05) is 4.90 Å². The molecule has 0 aromatic heterocycles. The molecule has 2 bridgehead atoms. The van der Waals surface area contributed by atoms with Crippen LogP contribution in [0.3, 0.4) is 0 Å². The number of hydrogen-bond acceptors (Lipinski definition) is 1. The summed E-state index contributed by atoms with van der Waals surface area (Å²) in [6, 6.07) is 69.0. The van der Waals surface area contributed by atoms with E-state index < -0.39 is 0 Å². The first kappa shape index (κ1) is 40.3. The number of benzene rings is 8. The SMILES string of the molecule is CC(C)(C)c1cc(N(c2ccc(-c3ccc(-c4ccccc4)c(-c4ccccc4)c3)cc2)c2ccccc2-c2cccc3cccc(C45CC6CC7CC(C4)C75C6)c23)cc(C(C)(C)C)c1. The average Bonchev–Trinajstić information content (AvgIpc) is 3.82. The molecule has 5 unspecified atom stereocenters. The highest BCUT2D eigenvalue weighted by molar-refractivity contribution is 6.04. The third-order valence-electron chi connectivity index (χ3n) is 16.8. The van der Waals surface area contributed by atoms with Gasteiger partial charge < -0.3 is 4.90 Å². The molecule has 12 rings (SSSR count). The number of rotatable bonds is 8. The number of para-hydroxylation sites is 1. The van der Waals surface area contributed by atoms with Crippen molar-refractivity contribution in [3.8, 4) is 44.5 Å². The summed E-state index contributed by atoms with van der Waals surface area (Å²) in [5, 5.41) is 2.85. The summed E-state index contributed by atoms with van der Waals surface area (Å²) in [6.07, 6.45) is 7.18. The van der Waals surface area contributed by atoms with Gasteiger partial charge in [-0.15, -0.1) is 0 Å². The van der Waals surface area contributed by atoms with Gasteiger partial charge in [0, 0.05) is 22.4 Å². The molecule has 0 aliphatic heterocycles. The van der Waals surface area contributed by atoms with Crippen LogP contribution in [0.4, 0.5) is 17.1 Å². The lowest BCUT2D eigenvalue weighted by atomic mass is 9.30. The van der Waals surface area contributed by atoms with Crippen LogP contribution in [0.25, 0.3) is 55.3 Å². The van der Waals surface area contributed by atoms with Crippen molar-refractivity contribution in [3.63, 3.8) is 0 Å². The molecule has 4 saturated carbocycles. The summed E-state index contributed by atoms with van der Waals surface area (Å²) in [5.74, 6) is 2.78. The maximum atomic E-state index is 2.56. The molecule has 8 aromatic carbocycles. The fourth-order valence-corrected chi connectivity index (χ4v) is 13.8. The molecule has 4 fully saturated rings. The van der Waals surface area contributed by atoms with Crippen LogP contribution >= 0.6 is 0 Å². The maximum absolute atomic E-state index is 2.56. The Morgan fingerprint density at radius 3 is 1.71 bits per heavy atom. The van der Waals surface area contributed by atoms with E-state index in [2.05, 4.69) is 228 Å². The van der Waals surface area contributed by atoms with Gasteiger partial charge in [-0.25, -0.2) is 0 Å². The molecule has 65 heavy (non-hydrogen) atoms. The summed E-state index contributed by atoms with van der Waals surface area (Å²) >= 11 is 0. The molecule has 8 aromatic rings. The molecule has 1 spiro atoms. The Labute approximate surface area is 387 Å². The van der Waals surface area contributed by atoms with Gasteiger partial charge in [-0.1, -0.05) is 187 Å². The normalized spacial score (nSPS) is 22.9. The molecule has 0 radical (unpaired) electrons. The van der Waals surface area contributed by atoms with Crippen LogP contribution in [-0.4, -0.2) is 0 Å². The lowest BCUT2D eigenvalue weighted by Gasteiger charge is -2.73. The van der Waals surface area contributed by atoms with E-state index >= 15 is 0 Å². The van der Waals surface area contributed by atoms with Gasteiger partial charge in [0.05, 0.1) is 5.69 Å². The average molecular weight is 844 g/mol. The Hall–Kier alpha value is -6.18. The number of anilines is 3. The second-order valence-corrected chi connectivity index (χ2v) is 22.3. The monoisotopic (exact) mass is 843 g/mol. The largest absolute Gasteiger partial charge is 0.310 e. The van der Waals surface area contributed by atoms with Gasteiger partial charge in [-0.3, -0.25) is 0 Å². The van der Waals surface area contributed by atoms with Gasteiger partial charge >= 0.3 is 0 Å². The summed E-state index contributed by atoms with van der Waals surface area (Å²) < 4.78 is 0. The van der Waals surface area contributed by atoms with Crippen LogP contribution in [0, 0.1) is 23.2 Å². The minimum absolute atomic E-state index is 0.0304. The molecule has 5 atom stereocenters. The van der Waals surface area contributed by atoms with E-state index in [0.717, 1.165) is 23.4 Å². The second kappa shape index (κ2) is 14.7. The highest BCUT2D eigenvalue weighted by Crippen LogP contribution is 2.86. The first-order valence-electron chi connectivity index (χ1n) is 24.3. The molecular formula is C64H61N. The standard InChI is InChI=1S/C64H61N/c1-61(2,3)48-35-49(62(4,5)6)38-53(37-48)65(52-30-27-43(28-31-52)47-29-32-54(44-17-9-7-10-18-44)57(34-47)45-19-11-8-12-20-45)59-26-14-13-23-55(59)56-24-15-21-46-22-16-25-58(60(46)56)63-39-42-33-50-36-51(41-63)64(50,63)40-42/h7-32,34-35,37-38,42,50-51H,33,36,39-41H2,1-6H3. The molecule has 1 nitrogen and oxygen atoms in total. The molecule has 0 amide bonds. The molecule has 0 heterocycles. The van der Waals surface area contributed by atoms with Crippen LogP contribution < -0.4 is 4.90 Å². The van der Waals surface area contributed by atoms with Crippen molar-refractivity contribution in [1.82, 2.24) is 0 Å². The van der Waals surface area contributed by atoms with Crippen molar-refractivity contribution in [3.05, 3.63) is 199 Å². The van der Waals surface area contributed by atoms with Crippen molar-refractivity contribution < 1.29 is 0 Å². The lowest BCUT2D eigenvalue weighted by molar-refractivity contribution is -0.198. The van der Waals surface area contributed by atoms with Gasteiger partial charge in [-0.05, 0) is 169 Å². The Morgan fingerprint density at radius 2 is 1.05 bits per heavy atom. The zero-order chi connectivity index (χ0) is 44.3. The highest BCUT2D eigenvalue weighted by Gasteiger charge is 2.80. The molecule has 1 heteroatoms. The van der Waals surface area contributed by atoms with E-state index in [9.17, 15) is 0 Å². The fraction of sp³-hybridized carbons (Fsp3) is 0.281. The number of nitrogens with zero attached hydrogens (tertiary/aromatic N) is 1. The van der Waals surface area contributed by atoms with Gasteiger partial charge in [0.2, 0.25) is 0 Å². The van der Waals surface area contributed by atoms with E-state index in [-0.39, 0.29) is 10.8 Å². The van der Waals surface area contributed by atoms with Gasteiger partial charge in [0.25, 0.3) is 0 Å². The van der Waals surface area contributed by atoms with E-state index in [4.69, 9.17) is 0 Å². The maximum Gasteiger partial charge on any atom is 0.0540 e. The second-order valence-electron chi connectivity index (χ2n) is 22.3. The molecule has 0 saturated heterocycles. The smallest absolute Gasteiger partial charge is 0.0540 e. The predicted molar refractivity (Wildman–Crippen MR) is 275 cm³/mol. The highest BCUT2D eigenvalue weighted by atomic mass is 15.1. The Kier molecular flexibility index (Phi) is 9.10. The van der Waals surface area contributed by atoms with Gasteiger partial charge in [0.1, 0.15) is 0 Å². The molecular weight excluding hydrogens is 783 g/mol. The van der Waals surface area contributed by atoms with Crippen LogP contribution in [-0.2, 0) is 16.2 Å². The van der Waals surface area contributed by atoms with Crippen LogP contribution in [0.5, 0.6) is 0 Å². The number of fused-ring (bicyclic) bond motifs is 2. The van der Waals surface area contributed by atoms with E-state index in [1.54, 1.807) is 5.56 Å². The minimum Gasteiger partial charge on any atom is -0.310 e. The van der Waals surface area contributed by atoms with Crippen LogP contribution in [0.15, 0.2) is 182 Å². The molecule has 4 aliphatic rings. The van der Waals surface area contributed by atoms with Crippen molar-refractivity contribution in [1.29, 1.82) is 0 Å². The van der Waals surface area contributed by atoms with Crippen LogP contribution in [0.1, 0.15) is 90.3 Å². The van der Waals surface area contributed by atoms with E-state index in [0.29, 0.717) is 10.8 Å². The summed E-state index contributed by atoms with van der Waals surface area (Å²) in [6.45, 7) is 14.1. The van der Waals surface area contributed by atoms with Crippen molar-refractivity contribution >= 4 is 27.8 Å². The minimum atomic E-state index is -0.0304. The third-order valence-corrected chi connectivity index (χ3v) is 16.8. The quantitative estimate of drug-likeness (QED) is 0.147. The first-order chi connectivity index (χ1) is 31.4. The van der Waals surface area contributed by atoms with Gasteiger partial charge in [0.15, 0.2) is 0 Å². The zero-order valence-corrected chi connectivity index (χ0v) is 39.0. The predicted octanol–water partition coefficient (Wildman–Crippen LogP) is 17.7.